The second-order valence-corrected chi connectivity index (χ2v) is 3.73. The third kappa shape index (κ3) is 2.30. The minimum absolute atomic E-state index is 0.710. The fourth-order valence-corrected chi connectivity index (χ4v) is 1.82. The van der Waals surface area contributed by atoms with Crippen molar-refractivity contribution >= 4 is 0 Å². The second kappa shape index (κ2) is 5.46. The van der Waals surface area contributed by atoms with Crippen molar-refractivity contribution in [1.29, 1.82) is 0 Å². The highest BCUT2D eigenvalue weighted by molar-refractivity contribution is 5.52. The maximum atomic E-state index is 5.43. The lowest BCUT2D eigenvalue weighted by Crippen LogP contribution is -2.00. The molecule has 0 fully saturated rings. The molecule has 0 atom stereocenters. The van der Waals surface area contributed by atoms with Crippen molar-refractivity contribution in [2.75, 3.05) is 14.2 Å². The van der Waals surface area contributed by atoms with Crippen LogP contribution in [0.25, 0.3) is 0 Å². The van der Waals surface area contributed by atoms with E-state index in [4.69, 9.17) is 15.9 Å². The van der Waals surface area contributed by atoms with Crippen molar-refractivity contribution in [2.45, 2.75) is 26.7 Å². The van der Waals surface area contributed by atoms with Gasteiger partial charge in [0.1, 0.15) is 11.5 Å². The van der Waals surface area contributed by atoms with Crippen LogP contribution in [0.4, 0.5) is 0 Å². The van der Waals surface area contributed by atoms with Crippen LogP contribution in [0.15, 0.2) is 6.07 Å². The number of benzene rings is 1. The lowest BCUT2D eigenvalue weighted by Gasteiger charge is -2.16. The van der Waals surface area contributed by atoms with Crippen LogP contribution in [0, 0.1) is 26.2 Å². The predicted molar refractivity (Wildman–Crippen MR) is 66.2 cm³/mol. The van der Waals surface area contributed by atoms with E-state index in [1.807, 2.05) is 19.9 Å². The Bertz CT molecular complexity index is 414. The Morgan fingerprint density at radius 3 is 2.38 bits per heavy atom. The van der Waals surface area contributed by atoms with Crippen LogP contribution in [0.2, 0.25) is 0 Å². The third-order valence-electron chi connectivity index (χ3n) is 2.83. The molecule has 0 heterocycles. The first-order valence-corrected chi connectivity index (χ1v) is 5.30. The average Bonchev–Trinajstić information content (AvgIpc) is 2.30. The summed E-state index contributed by atoms with van der Waals surface area (Å²) in [6.07, 6.45) is 6.81. The van der Waals surface area contributed by atoms with Crippen molar-refractivity contribution in [2.24, 2.45) is 0 Å². The molecule has 0 bridgehead atoms. The van der Waals surface area contributed by atoms with E-state index in [-0.39, 0.29) is 0 Å². The minimum atomic E-state index is 0.710. The SMILES string of the molecule is C#CCCc1cc(OC)c(C)c(C)c1OC. The Kier molecular flexibility index (Phi) is 4.25. The Balaban J connectivity index is 3.25. The number of rotatable bonds is 4. The van der Waals surface area contributed by atoms with Crippen LogP contribution in [-0.4, -0.2) is 14.2 Å². The van der Waals surface area contributed by atoms with Crippen LogP contribution >= 0.6 is 0 Å². The molecule has 16 heavy (non-hydrogen) atoms. The monoisotopic (exact) mass is 218 g/mol. The van der Waals surface area contributed by atoms with Crippen LogP contribution in [0.5, 0.6) is 11.5 Å². The van der Waals surface area contributed by atoms with E-state index in [1.54, 1.807) is 14.2 Å². The van der Waals surface area contributed by atoms with Crippen LogP contribution in [0.3, 0.4) is 0 Å². The van der Waals surface area contributed by atoms with Crippen molar-refractivity contribution in [3.8, 4) is 23.8 Å². The second-order valence-electron chi connectivity index (χ2n) is 3.73. The van der Waals surface area contributed by atoms with E-state index < -0.39 is 0 Å². The largest absolute Gasteiger partial charge is 0.496 e. The van der Waals surface area contributed by atoms with Crippen molar-refractivity contribution < 1.29 is 9.47 Å². The molecule has 1 aromatic rings. The number of methoxy groups -OCH3 is 2. The summed E-state index contributed by atoms with van der Waals surface area (Å²) in [7, 11) is 3.37. The van der Waals surface area contributed by atoms with Crippen LogP contribution in [-0.2, 0) is 6.42 Å². The average molecular weight is 218 g/mol. The van der Waals surface area contributed by atoms with Crippen molar-refractivity contribution in [1.82, 2.24) is 0 Å². The first-order valence-electron chi connectivity index (χ1n) is 5.30. The fourth-order valence-electron chi connectivity index (χ4n) is 1.82. The Morgan fingerprint density at radius 2 is 1.88 bits per heavy atom. The van der Waals surface area contributed by atoms with Gasteiger partial charge in [-0.1, -0.05) is 0 Å². The van der Waals surface area contributed by atoms with Gasteiger partial charge in [0.15, 0.2) is 0 Å². The first-order chi connectivity index (χ1) is 7.65. The van der Waals surface area contributed by atoms with Gasteiger partial charge in [-0.15, -0.1) is 12.3 Å². The number of aryl methyl sites for hydroxylation is 1. The molecule has 0 saturated carbocycles. The molecule has 0 unspecified atom stereocenters. The smallest absolute Gasteiger partial charge is 0.125 e. The van der Waals surface area contributed by atoms with Gasteiger partial charge in [0.05, 0.1) is 14.2 Å². The van der Waals surface area contributed by atoms with Gasteiger partial charge in [0.2, 0.25) is 0 Å². The molecule has 2 heteroatoms. The molecule has 0 spiro atoms. The number of terminal acetylenes is 1. The summed E-state index contributed by atoms with van der Waals surface area (Å²) in [5, 5.41) is 0. The van der Waals surface area contributed by atoms with Crippen LogP contribution in [0.1, 0.15) is 23.1 Å². The third-order valence-corrected chi connectivity index (χ3v) is 2.83. The summed E-state index contributed by atoms with van der Waals surface area (Å²) in [5.74, 6) is 4.46. The summed E-state index contributed by atoms with van der Waals surface area (Å²) < 4.78 is 10.8. The Morgan fingerprint density at radius 1 is 1.19 bits per heavy atom. The van der Waals surface area contributed by atoms with Gasteiger partial charge in [-0.3, -0.25) is 0 Å². The quantitative estimate of drug-likeness (QED) is 0.723. The summed E-state index contributed by atoms with van der Waals surface area (Å²) in [6, 6.07) is 2.01. The molecule has 86 valence electrons. The topological polar surface area (TPSA) is 18.5 Å². The summed E-state index contributed by atoms with van der Waals surface area (Å²) in [6.45, 7) is 4.07. The van der Waals surface area contributed by atoms with Gasteiger partial charge in [0.25, 0.3) is 0 Å². The number of ether oxygens (including phenoxy) is 2. The normalized spacial score (nSPS) is 9.69. The van der Waals surface area contributed by atoms with Gasteiger partial charge in [-0.2, -0.15) is 0 Å². The maximum absolute atomic E-state index is 5.43. The molecule has 0 N–H and O–H groups in total. The van der Waals surface area contributed by atoms with Gasteiger partial charge >= 0.3 is 0 Å². The van der Waals surface area contributed by atoms with Crippen molar-refractivity contribution in [3.05, 3.63) is 22.8 Å². The summed E-state index contributed by atoms with van der Waals surface area (Å²) in [5.41, 5.74) is 3.35. The highest BCUT2D eigenvalue weighted by Gasteiger charge is 2.12. The molecule has 0 aliphatic heterocycles. The zero-order chi connectivity index (χ0) is 12.1. The molecule has 1 rings (SSSR count). The molecular formula is C14H18O2. The lowest BCUT2D eigenvalue weighted by molar-refractivity contribution is 0.393. The van der Waals surface area contributed by atoms with E-state index >= 15 is 0 Å². The molecule has 0 aliphatic rings. The fraction of sp³-hybridized carbons (Fsp3) is 0.429. The molecule has 0 saturated heterocycles. The van der Waals surface area contributed by atoms with E-state index in [2.05, 4.69) is 5.92 Å². The molecule has 0 amide bonds. The minimum Gasteiger partial charge on any atom is -0.496 e. The standard InChI is InChI=1S/C14H18O2/c1-6-7-8-12-9-13(15-4)10(2)11(3)14(12)16-5/h1,9H,7-8H2,2-5H3. The highest BCUT2D eigenvalue weighted by atomic mass is 16.5. The van der Waals surface area contributed by atoms with Gasteiger partial charge in [-0.25, -0.2) is 0 Å². The highest BCUT2D eigenvalue weighted by Crippen LogP contribution is 2.33. The summed E-state index contributed by atoms with van der Waals surface area (Å²) >= 11 is 0. The van der Waals surface area contributed by atoms with Crippen LogP contribution < -0.4 is 9.47 Å². The van der Waals surface area contributed by atoms with Gasteiger partial charge in [0, 0.05) is 6.42 Å². The molecule has 2 nitrogen and oxygen atoms in total. The van der Waals surface area contributed by atoms with E-state index in [0.29, 0.717) is 6.42 Å². The van der Waals surface area contributed by atoms with E-state index in [1.165, 1.54) is 0 Å². The summed E-state index contributed by atoms with van der Waals surface area (Å²) in [4.78, 5) is 0. The van der Waals surface area contributed by atoms with Gasteiger partial charge in [-0.05, 0) is 43.0 Å². The Hall–Kier alpha value is -1.62. The molecule has 0 aromatic heterocycles. The zero-order valence-electron chi connectivity index (χ0n) is 10.4. The van der Waals surface area contributed by atoms with E-state index in [9.17, 15) is 0 Å². The number of hydrogen-bond donors (Lipinski definition) is 0. The Labute approximate surface area is 97.6 Å². The zero-order valence-corrected chi connectivity index (χ0v) is 10.4. The van der Waals surface area contributed by atoms with Crippen molar-refractivity contribution in [3.63, 3.8) is 0 Å². The molecule has 0 radical (unpaired) electrons. The molecule has 0 aliphatic carbocycles. The number of hydrogen-bond acceptors (Lipinski definition) is 2. The first kappa shape index (κ1) is 12.4. The predicted octanol–water partition coefficient (Wildman–Crippen LogP) is 2.89. The molecule has 1 aromatic carbocycles. The maximum Gasteiger partial charge on any atom is 0.125 e. The van der Waals surface area contributed by atoms with Gasteiger partial charge < -0.3 is 9.47 Å². The molecular weight excluding hydrogens is 200 g/mol. The van der Waals surface area contributed by atoms with E-state index in [0.717, 1.165) is 34.6 Å². The lowest BCUT2D eigenvalue weighted by atomic mass is 10.00.